The fourth-order valence-corrected chi connectivity index (χ4v) is 1.74. The number of carbonyl (C=O) groups is 1. The zero-order chi connectivity index (χ0) is 13.7. The van der Waals surface area contributed by atoms with Gasteiger partial charge in [-0.2, -0.15) is 0 Å². The van der Waals surface area contributed by atoms with Crippen molar-refractivity contribution in [2.45, 2.75) is 31.8 Å². The van der Waals surface area contributed by atoms with Gasteiger partial charge >= 0.3 is 0 Å². The molecular weight excluding hydrogens is 244 g/mol. The van der Waals surface area contributed by atoms with E-state index >= 15 is 0 Å². The average molecular weight is 264 g/mol. The molecule has 0 spiro atoms. The molecule has 0 bridgehead atoms. The number of nitrogens with two attached hydrogens (primary N) is 1. The normalized spacial score (nSPS) is 14.0. The highest BCUT2D eigenvalue weighted by atomic mass is 16.5. The quantitative estimate of drug-likeness (QED) is 0.776. The van der Waals surface area contributed by atoms with Gasteiger partial charge in [-0.1, -0.05) is 6.07 Å². The van der Waals surface area contributed by atoms with E-state index in [0.717, 1.165) is 18.4 Å². The summed E-state index contributed by atoms with van der Waals surface area (Å²) in [6.07, 6.45) is 2.55. The Morgan fingerprint density at radius 3 is 2.84 bits per heavy atom. The summed E-state index contributed by atoms with van der Waals surface area (Å²) < 4.78 is 10.8. The van der Waals surface area contributed by atoms with Crippen molar-refractivity contribution in [3.63, 3.8) is 0 Å². The lowest BCUT2D eigenvalue weighted by Crippen LogP contribution is -2.26. The first kappa shape index (κ1) is 13.7. The summed E-state index contributed by atoms with van der Waals surface area (Å²) in [5, 5.41) is 2.92. The van der Waals surface area contributed by atoms with Crippen LogP contribution < -0.4 is 20.5 Å². The summed E-state index contributed by atoms with van der Waals surface area (Å²) >= 11 is 0. The van der Waals surface area contributed by atoms with E-state index in [1.165, 1.54) is 0 Å². The highest BCUT2D eigenvalue weighted by Crippen LogP contribution is 2.28. The van der Waals surface area contributed by atoms with Crippen molar-refractivity contribution in [1.29, 1.82) is 0 Å². The van der Waals surface area contributed by atoms with Gasteiger partial charge < -0.3 is 20.5 Å². The molecule has 1 aromatic rings. The molecule has 0 saturated heterocycles. The first-order chi connectivity index (χ1) is 9.22. The maximum Gasteiger partial charge on any atom is 0.223 e. The Morgan fingerprint density at radius 1 is 1.42 bits per heavy atom. The Balaban J connectivity index is 1.84. The molecule has 19 heavy (non-hydrogen) atoms. The minimum absolute atomic E-state index is 0.0384. The Morgan fingerprint density at radius 2 is 2.21 bits per heavy atom. The third-order valence-electron chi connectivity index (χ3n) is 2.99. The van der Waals surface area contributed by atoms with E-state index in [2.05, 4.69) is 5.32 Å². The van der Waals surface area contributed by atoms with Crippen LogP contribution in [0.1, 0.15) is 24.8 Å². The van der Waals surface area contributed by atoms with E-state index in [-0.39, 0.29) is 5.91 Å². The Kier molecular flexibility index (Phi) is 4.63. The molecule has 0 unspecified atom stereocenters. The smallest absolute Gasteiger partial charge is 0.223 e. The van der Waals surface area contributed by atoms with Gasteiger partial charge in [0.1, 0.15) is 0 Å². The molecule has 1 fully saturated rings. The topological polar surface area (TPSA) is 73.6 Å². The number of hydrogen-bond acceptors (Lipinski definition) is 4. The van der Waals surface area contributed by atoms with Crippen LogP contribution in [-0.2, 0) is 11.3 Å². The maximum atomic E-state index is 11.5. The number of rotatable bonds is 7. The van der Waals surface area contributed by atoms with Crippen LogP contribution in [0.5, 0.6) is 11.5 Å². The molecule has 5 heteroatoms. The molecule has 1 aliphatic rings. The molecule has 5 nitrogen and oxygen atoms in total. The molecule has 0 atom stereocenters. The van der Waals surface area contributed by atoms with Gasteiger partial charge in [0.25, 0.3) is 0 Å². The third-order valence-corrected chi connectivity index (χ3v) is 2.99. The minimum atomic E-state index is 0.0384. The molecule has 1 aromatic carbocycles. The van der Waals surface area contributed by atoms with Crippen LogP contribution in [0.2, 0.25) is 0 Å². The van der Waals surface area contributed by atoms with Crippen LogP contribution in [0.25, 0.3) is 0 Å². The van der Waals surface area contributed by atoms with E-state index in [0.29, 0.717) is 37.1 Å². The maximum absolute atomic E-state index is 11.5. The fourth-order valence-electron chi connectivity index (χ4n) is 1.74. The summed E-state index contributed by atoms with van der Waals surface area (Å²) in [6, 6.07) is 5.95. The minimum Gasteiger partial charge on any atom is -0.493 e. The van der Waals surface area contributed by atoms with E-state index in [4.69, 9.17) is 15.2 Å². The number of ether oxygens (including phenoxy) is 2. The van der Waals surface area contributed by atoms with Gasteiger partial charge in [0.15, 0.2) is 11.5 Å². The van der Waals surface area contributed by atoms with Crippen molar-refractivity contribution in [2.75, 3.05) is 13.7 Å². The van der Waals surface area contributed by atoms with E-state index in [9.17, 15) is 4.79 Å². The van der Waals surface area contributed by atoms with Crippen molar-refractivity contribution in [3.8, 4) is 11.5 Å². The fraction of sp³-hybridized carbons (Fsp3) is 0.500. The highest BCUT2D eigenvalue weighted by molar-refractivity contribution is 5.76. The first-order valence-electron chi connectivity index (χ1n) is 6.52. The van der Waals surface area contributed by atoms with Gasteiger partial charge in [-0.15, -0.1) is 0 Å². The van der Waals surface area contributed by atoms with Gasteiger partial charge in [-0.05, 0) is 30.5 Å². The molecular formula is C14H20N2O3. The van der Waals surface area contributed by atoms with E-state index in [1.807, 2.05) is 18.2 Å². The highest BCUT2D eigenvalue weighted by Gasteiger charge is 2.22. The van der Waals surface area contributed by atoms with Crippen molar-refractivity contribution in [2.24, 2.45) is 5.73 Å². The van der Waals surface area contributed by atoms with Crippen molar-refractivity contribution in [1.82, 2.24) is 5.32 Å². The molecule has 0 radical (unpaired) electrons. The van der Waals surface area contributed by atoms with E-state index in [1.54, 1.807) is 7.11 Å². The molecule has 0 aliphatic heterocycles. The largest absolute Gasteiger partial charge is 0.493 e. The zero-order valence-corrected chi connectivity index (χ0v) is 11.1. The van der Waals surface area contributed by atoms with E-state index < -0.39 is 0 Å². The zero-order valence-electron chi connectivity index (χ0n) is 11.1. The number of methoxy groups -OCH3 is 1. The second-order valence-electron chi connectivity index (χ2n) is 4.63. The molecule has 0 aromatic heterocycles. The van der Waals surface area contributed by atoms with Crippen molar-refractivity contribution >= 4 is 5.91 Å². The van der Waals surface area contributed by atoms with Crippen molar-refractivity contribution in [3.05, 3.63) is 23.8 Å². The third kappa shape index (κ3) is 4.13. The van der Waals surface area contributed by atoms with Gasteiger partial charge in [0.2, 0.25) is 5.91 Å². The Bertz CT molecular complexity index is 444. The lowest BCUT2D eigenvalue weighted by atomic mass is 10.2. The van der Waals surface area contributed by atoms with Gasteiger partial charge in [0, 0.05) is 12.6 Å². The Hall–Kier alpha value is -1.75. The number of carbonyl (C=O) groups excluding carboxylic acids is 1. The predicted octanol–water partition coefficient (Wildman–Crippen LogP) is 1.20. The number of amides is 1. The summed E-state index contributed by atoms with van der Waals surface area (Å²) in [5.41, 5.74) is 6.56. The number of nitrogens with one attached hydrogen (secondary N) is 1. The second-order valence-corrected chi connectivity index (χ2v) is 4.63. The molecule has 1 amide bonds. The molecule has 2 rings (SSSR count). The summed E-state index contributed by atoms with van der Waals surface area (Å²) in [6.45, 7) is 0.783. The SMILES string of the molecule is COc1ccc(CN)cc1OCCC(=O)NC1CC1. The molecule has 0 heterocycles. The average Bonchev–Trinajstić information content (AvgIpc) is 3.22. The molecule has 3 N–H and O–H groups in total. The Labute approximate surface area is 113 Å². The second kappa shape index (κ2) is 6.43. The molecule has 1 aliphatic carbocycles. The van der Waals surface area contributed by atoms with Gasteiger partial charge in [-0.25, -0.2) is 0 Å². The first-order valence-corrected chi connectivity index (χ1v) is 6.52. The monoisotopic (exact) mass is 264 g/mol. The lowest BCUT2D eigenvalue weighted by molar-refractivity contribution is -0.121. The van der Waals surface area contributed by atoms with Crippen LogP contribution in [0, 0.1) is 0 Å². The molecule has 104 valence electrons. The predicted molar refractivity (Wildman–Crippen MR) is 72.2 cm³/mol. The standard InChI is InChI=1S/C14H20N2O3/c1-18-12-5-2-10(9-15)8-13(12)19-7-6-14(17)16-11-3-4-11/h2,5,8,11H,3-4,6-7,9,15H2,1H3,(H,16,17). The lowest BCUT2D eigenvalue weighted by Gasteiger charge is -2.12. The van der Waals surface area contributed by atoms with Crippen LogP contribution in [0.3, 0.4) is 0 Å². The van der Waals surface area contributed by atoms with Gasteiger partial charge in [0.05, 0.1) is 20.1 Å². The summed E-state index contributed by atoms with van der Waals surface area (Å²) in [4.78, 5) is 11.5. The van der Waals surface area contributed by atoms with Crippen LogP contribution in [-0.4, -0.2) is 25.7 Å². The summed E-state index contributed by atoms with van der Waals surface area (Å²) in [7, 11) is 1.59. The number of hydrogen-bond donors (Lipinski definition) is 2. The van der Waals surface area contributed by atoms with Crippen LogP contribution >= 0.6 is 0 Å². The van der Waals surface area contributed by atoms with Crippen LogP contribution in [0.15, 0.2) is 18.2 Å². The van der Waals surface area contributed by atoms with Gasteiger partial charge in [-0.3, -0.25) is 4.79 Å². The van der Waals surface area contributed by atoms with Crippen LogP contribution in [0.4, 0.5) is 0 Å². The summed E-state index contributed by atoms with van der Waals surface area (Å²) in [5.74, 6) is 1.32. The van der Waals surface area contributed by atoms with Crippen molar-refractivity contribution < 1.29 is 14.3 Å². The molecule has 1 saturated carbocycles. The number of benzene rings is 1.